The number of para-hydroxylation sites is 1. The average Bonchev–Trinajstić information content (AvgIpc) is 2.88. The van der Waals surface area contributed by atoms with E-state index in [4.69, 9.17) is 0 Å². The molecule has 2 fully saturated rings. The number of anilines is 1. The van der Waals surface area contributed by atoms with Crippen LogP contribution in [0.2, 0.25) is 0 Å². The molecule has 3 heteroatoms. The van der Waals surface area contributed by atoms with Crippen molar-refractivity contribution < 1.29 is 9.50 Å². The van der Waals surface area contributed by atoms with Gasteiger partial charge in [0, 0.05) is 18.7 Å². The van der Waals surface area contributed by atoms with E-state index in [0.29, 0.717) is 5.69 Å². The second-order valence-corrected chi connectivity index (χ2v) is 5.71. The molecule has 18 heavy (non-hydrogen) atoms. The summed E-state index contributed by atoms with van der Waals surface area (Å²) in [6.07, 6.45) is 3.26. The van der Waals surface area contributed by atoms with E-state index in [9.17, 15) is 9.50 Å². The molecule has 0 amide bonds. The zero-order valence-electron chi connectivity index (χ0n) is 10.8. The molecule has 98 valence electrons. The smallest absolute Gasteiger partial charge is 0.146 e. The molecule has 3 atom stereocenters. The van der Waals surface area contributed by atoms with E-state index in [0.717, 1.165) is 30.5 Å². The molecule has 1 heterocycles. The van der Waals surface area contributed by atoms with Gasteiger partial charge >= 0.3 is 0 Å². The summed E-state index contributed by atoms with van der Waals surface area (Å²) in [5.41, 5.74) is 1.34. The van der Waals surface area contributed by atoms with Crippen LogP contribution < -0.4 is 4.90 Å². The Morgan fingerprint density at radius 1 is 1.28 bits per heavy atom. The zero-order valence-corrected chi connectivity index (χ0v) is 10.8. The van der Waals surface area contributed by atoms with E-state index in [2.05, 4.69) is 4.90 Å². The summed E-state index contributed by atoms with van der Waals surface area (Å²) < 4.78 is 14.1. The molecule has 1 aromatic carbocycles. The van der Waals surface area contributed by atoms with Crippen LogP contribution in [0.4, 0.5) is 10.1 Å². The standard InChI is InChI=1S/C15H20FNO/c1-10(18)13-6-3-7-14(16)15(13)17-8-11-4-2-5-12(11)9-17/h3,6-7,10-12,18H,2,4-5,8-9H2,1H3. The minimum absolute atomic E-state index is 0.201. The van der Waals surface area contributed by atoms with Crippen LogP contribution in [0.3, 0.4) is 0 Å². The maximum Gasteiger partial charge on any atom is 0.146 e. The average molecular weight is 249 g/mol. The third-order valence-electron chi connectivity index (χ3n) is 4.51. The molecule has 0 spiro atoms. The Morgan fingerprint density at radius 3 is 2.56 bits per heavy atom. The predicted octanol–water partition coefficient (Wildman–Crippen LogP) is 3.12. The Hall–Kier alpha value is -1.09. The van der Waals surface area contributed by atoms with Crippen LogP contribution in [0, 0.1) is 17.7 Å². The van der Waals surface area contributed by atoms with Crippen molar-refractivity contribution in [1.82, 2.24) is 0 Å². The molecule has 1 saturated carbocycles. The van der Waals surface area contributed by atoms with Crippen LogP contribution >= 0.6 is 0 Å². The van der Waals surface area contributed by atoms with Gasteiger partial charge < -0.3 is 10.0 Å². The molecule has 2 nitrogen and oxygen atoms in total. The lowest BCUT2D eigenvalue weighted by Gasteiger charge is -2.24. The zero-order chi connectivity index (χ0) is 12.7. The lowest BCUT2D eigenvalue weighted by atomic mass is 10.0. The van der Waals surface area contributed by atoms with Gasteiger partial charge in [-0.25, -0.2) is 4.39 Å². The minimum atomic E-state index is -0.615. The highest BCUT2D eigenvalue weighted by atomic mass is 19.1. The fourth-order valence-corrected chi connectivity index (χ4v) is 3.62. The molecule has 0 radical (unpaired) electrons. The molecule has 3 rings (SSSR count). The molecule has 1 saturated heterocycles. The summed E-state index contributed by atoms with van der Waals surface area (Å²) in [5, 5.41) is 9.80. The van der Waals surface area contributed by atoms with Crippen molar-refractivity contribution in [3.8, 4) is 0 Å². The predicted molar refractivity (Wildman–Crippen MR) is 70.1 cm³/mol. The molecular formula is C15H20FNO. The first-order valence-electron chi connectivity index (χ1n) is 6.88. The number of fused-ring (bicyclic) bond motifs is 1. The summed E-state index contributed by atoms with van der Waals surface area (Å²) in [6, 6.07) is 5.00. The van der Waals surface area contributed by atoms with Gasteiger partial charge in [-0.2, -0.15) is 0 Å². The van der Waals surface area contributed by atoms with Gasteiger partial charge in [-0.15, -0.1) is 0 Å². The molecule has 2 aliphatic rings. The maximum absolute atomic E-state index is 14.1. The van der Waals surface area contributed by atoms with E-state index in [1.54, 1.807) is 13.0 Å². The summed E-state index contributed by atoms with van der Waals surface area (Å²) >= 11 is 0. The monoisotopic (exact) mass is 249 g/mol. The van der Waals surface area contributed by atoms with Crippen molar-refractivity contribution in [2.45, 2.75) is 32.3 Å². The molecule has 1 aromatic rings. The van der Waals surface area contributed by atoms with Crippen molar-refractivity contribution in [2.75, 3.05) is 18.0 Å². The molecule has 1 N–H and O–H groups in total. The number of rotatable bonds is 2. The Labute approximate surface area is 107 Å². The Kier molecular flexibility index (Phi) is 3.02. The van der Waals surface area contributed by atoms with Gasteiger partial charge in [0.15, 0.2) is 0 Å². The Balaban J connectivity index is 1.92. The lowest BCUT2D eigenvalue weighted by Crippen LogP contribution is -2.23. The molecule has 3 unspecified atom stereocenters. The first-order chi connectivity index (χ1) is 8.66. The number of hydrogen-bond donors (Lipinski definition) is 1. The number of hydrogen-bond acceptors (Lipinski definition) is 2. The molecule has 1 aliphatic carbocycles. The van der Waals surface area contributed by atoms with Gasteiger partial charge in [-0.1, -0.05) is 18.6 Å². The van der Waals surface area contributed by atoms with E-state index in [1.807, 2.05) is 6.07 Å². The second kappa shape index (κ2) is 4.54. The topological polar surface area (TPSA) is 23.5 Å². The number of nitrogens with zero attached hydrogens (tertiary/aromatic N) is 1. The van der Waals surface area contributed by atoms with Crippen molar-refractivity contribution in [3.63, 3.8) is 0 Å². The van der Waals surface area contributed by atoms with Crippen LogP contribution in [0.25, 0.3) is 0 Å². The van der Waals surface area contributed by atoms with Gasteiger partial charge in [-0.05, 0) is 37.7 Å². The molecule has 0 aromatic heterocycles. The number of benzene rings is 1. The lowest BCUT2D eigenvalue weighted by molar-refractivity contribution is 0.199. The van der Waals surface area contributed by atoms with E-state index >= 15 is 0 Å². The van der Waals surface area contributed by atoms with Crippen LogP contribution in [0.1, 0.15) is 37.9 Å². The molecular weight excluding hydrogens is 229 g/mol. The third-order valence-corrected chi connectivity index (χ3v) is 4.51. The summed E-state index contributed by atoms with van der Waals surface area (Å²) in [4.78, 5) is 2.14. The van der Waals surface area contributed by atoms with Gasteiger partial charge in [0.05, 0.1) is 11.8 Å². The van der Waals surface area contributed by atoms with Gasteiger partial charge in [-0.3, -0.25) is 0 Å². The van der Waals surface area contributed by atoms with Crippen molar-refractivity contribution >= 4 is 5.69 Å². The summed E-state index contributed by atoms with van der Waals surface area (Å²) in [7, 11) is 0. The first kappa shape index (κ1) is 12.0. The van der Waals surface area contributed by atoms with Gasteiger partial charge in [0.25, 0.3) is 0 Å². The third kappa shape index (κ3) is 1.91. The largest absolute Gasteiger partial charge is 0.389 e. The van der Waals surface area contributed by atoms with Crippen molar-refractivity contribution in [1.29, 1.82) is 0 Å². The normalized spacial score (nSPS) is 28.5. The Bertz CT molecular complexity index is 434. The highest BCUT2D eigenvalue weighted by molar-refractivity contribution is 5.56. The van der Waals surface area contributed by atoms with Crippen LogP contribution in [0.5, 0.6) is 0 Å². The highest BCUT2D eigenvalue weighted by Crippen LogP contribution is 2.41. The van der Waals surface area contributed by atoms with Gasteiger partial charge in [0.1, 0.15) is 5.82 Å². The maximum atomic E-state index is 14.1. The van der Waals surface area contributed by atoms with Crippen LogP contribution in [-0.2, 0) is 0 Å². The SMILES string of the molecule is CC(O)c1cccc(F)c1N1CC2CCCC2C1. The molecule has 0 bridgehead atoms. The molecule has 1 aliphatic heterocycles. The Morgan fingerprint density at radius 2 is 1.94 bits per heavy atom. The highest BCUT2D eigenvalue weighted by Gasteiger charge is 2.37. The van der Waals surface area contributed by atoms with Gasteiger partial charge in [0.2, 0.25) is 0 Å². The number of aliphatic hydroxyl groups is 1. The number of aliphatic hydroxyl groups excluding tert-OH is 1. The quantitative estimate of drug-likeness (QED) is 0.870. The number of halogens is 1. The summed E-state index contributed by atoms with van der Waals surface area (Å²) in [6.45, 7) is 3.60. The van der Waals surface area contributed by atoms with E-state index in [-0.39, 0.29) is 5.82 Å². The van der Waals surface area contributed by atoms with E-state index in [1.165, 1.54) is 25.3 Å². The van der Waals surface area contributed by atoms with Crippen molar-refractivity contribution in [3.05, 3.63) is 29.6 Å². The minimum Gasteiger partial charge on any atom is -0.389 e. The fraction of sp³-hybridized carbons (Fsp3) is 0.600. The van der Waals surface area contributed by atoms with Crippen LogP contribution in [-0.4, -0.2) is 18.2 Å². The van der Waals surface area contributed by atoms with E-state index < -0.39 is 6.10 Å². The first-order valence-corrected chi connectivity index (χ1v) is 6.88. The summed E-state index contributed by atoms with van der Waals surface area (Å²) in [5.74, 6) is 1.26. The van der Waals surface area contributed by atoms with Crippen LogP contribution in [0.15, 0.2) is 18.2 Å². The van der Waals surface area contributed by atoms with Crippen molar-refractivity contribution in [2.24, 2.45) is 11.8 Å². The fourth-order valence-electron chi connectivity index (χ4n) is 3.62. The second-order valence-electron chi connectivity index (χ2n) is 5.71.